The molecule has 0 unspecified atom stereocenters. The molecule has 168 valence electrons. The van der Waals surface area contributed by atoms with Crippen molar-refractivity contribution in [2.45, 2.75) is 18.0 Å². The van der Waals surface area contributed by atoms with Gasteiger partial charge in [-0.1, -0.05) is 42.5 Å². The van der Waals surface area contributed by atoms with Crippen molar-refractivity contribution >= 4 is 22.1 Å². The summed E-state index contributed by atoms with van der Waals surface area (Å²) in [4.78, 5) is 12.7. The minimum absolute atomic E-state index is 0.104. The Hall–Kier alpha value is -3.36. The van der Waals surface area contributed by atoms with Crippen molar-refractivity contribution in [3.05, 3.63) is 83.9 Å². The average molecular weight is 455 g/mol. The molecule has 0 fully saturated rings. The third-order valence-corrected chi connectivity index (χ3v) is 6.82. The zero-order valence-corrected chi connectivity index (χ0v) is 19.1. The summed E-state index contributed by atoms with van der Waals surface area (Å²) in [6.45, 7) is 0.317. The largest absolute Gasteiger partial charge is 0.493 e. The lowest BCUT2D eigenvalue weighted by Crippen LogP contribution is -2.30. The monoisotopic (exact) mass is 454 g/mol. The first-order chi connectivity index (χ1) is 15.4. The zero-order valence-electron chi connectivity index (χ0n) is 18.3. The lowest BCUT2D eigenvalue weighted by atomic mass is 10.2. The number of carbonyl (C=O) groups is 1. The maximum absolute atomic E-state index is 13.6. The summed E-state index contributed by atoms with van der Waals surface area (Å²) >= 11 is 0. The number of amides is 1. The van der Waals surface area contributed by atoms with Crippen molar-refractivity contribution < 1.29 is 22.7 Å². The van der Waals surface area contributed by atoms with E-state index in [1.807, 2.05) is 36.4 Å². The van der Waals surface area contributed by atoms with Crippen LogP contribution in [-0.4, -0.2) is 40.4 Å². The summed E-state index contributed by atoms with van der Waals surface area (Å²) in [6, 6.07) is 21.2. The molecule has 0 aliphatic carbocycles. The summed E-state index contributed by atoms with van der Waals surface area (Å²) in [6.07, 6.45) is 0.710. The van der Waals surface area contributed by atoms with Crippen molar-refractivity contribution in [1.82, 2.24) is 4.31 Å². The van der Waals surface area contributed by atoms with Crippen LogP contribution in [0.3, 0.4) is 0 Å². The fourth-order valence-electron chi connectivity index (χ4n) is 3.28. The number of ether oxygens (including phenoxy) is 2. The van der Waals surface area contributed by atoms with Gasteiger partial charge < -0.3 is 14.4 Å². The molecule has 0 aliphatic rings. The number of hydrogen-bond donors (Lipinski definition) is 0. The van der Waals surface area contributed by atoms with Gasteiger partial charge in [-0.2, -0.15) is 4.31 Å². The molecule has 0 radical (unpaired) electrons. The smallest absolute Gasteiger partial charge is 0.243 e. The molecule has 7 nitrogen and oxygen atoms in total. The van der Waals surface area contributed by atoms with Gasteiger partial charge in [0.05, 0.1) is 19.1 Å². The van der Waals surface area contributed by atoms with Crippen molar-refractivity contribution in [2.75, 3.05) is 26.2 Å². The SMILES string of the molecule is COc1ccc(S(=O)(=O)N(Cc2ccccc2)Cc2cccc(N(C)C=O)c2)cc1OC. The summed E-state index contributed by atoms with van der Waals surface area (Å²) < 4.78 is 39.2. The molecule has 0 saturated heterocycles. The van der Waals surface area contributed by atoms with Gasteiger partial charge in [-0.15, -0.1) is 0 Å². The van der Waals surface area contributed by atoms with Gasteiger partial charge in [0, 0.05) is 31.9 Å². The Morgan fingerprint density at radius 3 is 2.12 bits per heavy atom. The Bertz CT molecular complexity index is 1170. The second kappa shape index (κ2) is 10.3. The van der Waals surface area contributed by atoms with Crippen molar-refractivity contribution in [3.63, 3.8) is 0 Å². The molecule has 3 aromatic rings. The second-order valence-corrected chi connectivity index (χ2v) is 9.10. The van der Waals surface area contributed by atoms with E-state index in [9.17, 15) is 13.2 Å². The molecule has 0 spiro atoms. The van der Waals surface area contributed by atoms with Crippen LogP contribution in [0.25, 0.3) is 0 Å². The standard InChI is InChI=1S/C24H26N2O5S/c1-25(18-27)21-11-7-10-20(14-21)17-26(16-19-8-5-4-6-9-19)32(28,29)22-12-13-23(30-2)24(15-22)31-3/h4-15,18H,16-17H2,1-3H3. The first-order valence-electron chi connectivity index (χ1n) is 9.92. The number of methoxy groups -OCH3 is 2. The number of sulfonamides is 1. The van der Waals surface area contributed by atoms with Gasteiger partial charge in [-0.3, -0.25) is 4.79 Å². The molecule has 0 bridgehead atoms. The second-order valence-electron chi connectivity index (χ2n) is 7.16. The number of anilines is 1. The molecule has 1 amide bonds. The van der Waals surface area contributed by atoms with Crippen LogP contribution in [0, 0.1) is 0 Å². The molecular formula is C24H26N2O5S. The van der Waals surface area contributed by atoms with Gasteiger partial charge in [0.25, 0.3) is 0 Å². The van der Waals surface area contributed by atoms with Crippen LogP contribution in [0.1, 0.15) is 11.1 Å². The average Bonchev–Trinajstić information content (AvgIpc) is 2.83. The van der Waals surface area contributed by atoms with Crippen LogP contribution < -0.4 is 14.4 Å². The Morgan fingerprint density at radius 1 is 0.812 bits per heavy atom. The van der Waals surface area contributed by atoms with Gasteiger partial charge in [0.15, 0.2) is 11.5 Å². The predicted molar refractivity (Wildman–Crippen MR) is 123 cm³/mol. The maximum atomic E-state index is 13.6. The van der Waals surface area contributed by atoms with E-state index in [0.29, 0.717) is 23.6 Å². The number of nitrogens with zero attached hydrogens (tertiary/aromatic N) is 2. The molecule has 3 rings (SSSR count). The number of benzene rings is 3. The Morgan fingerprint density at radius 2 is 1.47 bits per heavy atom. The summed E-state index contributed by atoms with van der Waals surface area (Å²) in [7, 11) is 0.728. The third kappa shape index (κ3) is 5.27. The van der Waals surface area contributed by atoms with E-state index in [1.54, 1.807) is 31.3 Å². The van der Waals surface area contributed by atoms with Crippen molar-refractivity contribution in [3.8, 4) is 11.5 Å². The van der Waals surface area contributed by atoms with E-state index >= 15 is 0 Å². The maximum Gasteiger partial charge on any atom is 0.243 e. The third-order valence-electron chi connectivity index (χ3n) is 5.03. The van der Waals surface area contributed by atoms with Crippen molar-refractivity contribution in [2.24, 2.45) is 0 Å². The van der Waals surface area contributed by atoms with E-state index in [-0.39, 0.29) is 18.0 Å². The number of rotatable bonds is 10. The predicted octanol–water partition coefficient (Wildman–Crippen LogP) is 3.69. The normalized spacial score (nSPS) is 11.2. The van der Waals surface area contributed by atoms with E-state index < -0.39 is 10.0 Å². The molecule has 0 aromatic heterocycles. The summed E-state index contributed by atoms with van der Waals surface area (Å²) in [5, 5.41) is 0. The van der Waals surface area contributed by atoms with Gasteiger partial charge in [0.2, 0.25) is 16.4 Å². The van der Waals surface area contributed by atoms with E-state index in [2.05, 4.69) is 0 Å². The van der Waals surface area contributed by atoms with Crippen LogP contribution in [0.5, 0.6) is 11.5 Å². The molecule has 3 aromatic carbocycles. The Kier molecular flexibility index (Phi) is 7.50. The van der Waals surface area contributed by atoms with Gasteiger partial charge in [-0.25, -0.2) is 8.42 Å². The lowest BCUT2D eigenvalue weighted by molar-refractivity contribution is -0.107. The van der Waals surface area contributed by atoms with Crippen LogP contribution >= 0.6 is 0 Å². The topological polar surface area (TPSA) is 76.2 Å². The molecule has 0 atom stereocenters. The quantitative estimate of drug-likeness (QED) is 0.437. The fourth-order valence-corrected chi connectivity index (χ4v) is 4.71. The molecule has 0 aliphatic heterocycles. The highest BCUT2D eigenvalue weighted by molar-refractivity contribution is 7.89. The molecule has 8 heteroatoms. The summed E-state index contributed by atoms with van der Waals surface area (Å²) in [5.41, 5.74) is 2.30. The van der Waals surface area contributed by atoms with Gasteiger partial charge >= 0.3 is 0 Å². The van der Waals surface area contributed by atoms with Crippen molar-refractivity contribution in [1.29, 1.82) is 0 Å². The number of carbonyl (C=O) groups excluding carboxylic acids is 1. The highest BCUT2D eigenvalue weighted by atomic mass is 32.2. The highest BCUT2D eigenvalue weighted by Crippen LogP contribution is 2.31. The zero-order chi connectivity index (χ0) is 23.1. The Labute approximate surface area is 188 Å². The first kappa shape index (κ1) is 23.3. The summed E-state index contributed by atoms with van der Waals surface area (Å²) in [5.74, 6) is 0.786. The van der Waals surface area contributed by atoms with E-state index in [4.69, 9.17) is 9.47 Å². The van der Waals surface area contributed by atoms with Gasteiger partial charge in [-0.05, 0) is 35.4 Å². The molecule has 0 heterocycles. The molecule has 0 saturated carbocycles. The molecule has 32 heavy (non-hydrogen) atoms. The molecular weight excluding hydrogens is 428 g/mol. The van der Waals surface area contributed by atoms with Crippen LogP contribution in [-0.2, 0) is 27.9 Å². The molecule has 0 N–H and O–H groups in total. The minimum Gasteiger partial charge on any atom is -0.493 e. The van der Waals surface area contributed by atoms with E-state index in [0.717, 1.165) is 11.1 Å². The highest BCUT2D eigenvalue weighted by Gasteiger charge is 2.26. The lowest BCUT2D eigenvalue weighted by Gasteiger charge is -2.24. The van der Waals surface area contributed by atoms with Gasteiger partial charge in [0.1, 0.15) is 0 Å². The van der Waals surface area contributed by atoms with Crippen LogP contribution in [0.15, 0.2) is 77.7 Å². The first-order valence-corrected chi connectivity index (χ1v) is 11.4. The number of hydrogen-bond acceptors (Lipinski definition) is 5. The fraction of sp³-hybridized carbons (Fsp3) is 0.208. The minimum atomic E-state index is -3.88. The van der Waals surface area contributed by atoms with Crippen LogP contribution in [0.2, 0.25) is 0 Å². The Balaban J connectivity index is 2.01. The van der Waals surface area contributed by atoms with E-state index in [1.165, 1.54) is 35.6 Å². The van der Waals surface area contributed by atoms with Crippen LogP contribution in [0.4, 0.5) is 5.69 Å².